The number of hydrogen-bond acceptors (Lipinski definition) is 5. The zero-order valence-corrected chi connectivity index (χ0v) is 14.9. The summed E-state index contributed by atoms with van der Waals surface area (Å²) in [6.45, 7) is 3.79. The summed E-state index contributed by atoms with van der Waals surface area (Å²) in [6, 6.07) is 11.1. The summed E-state index contributed by atoms with van der Waals surface area (Å²) < 4.78 is 5.13. The van der Waals surface area contributed by atoms with Gasteiger partial charge < -0.3 is 19.9 Å². The van der Waals surface area contributed by atoms with Crippen molar-refractivity contribution in [2.45, 2.75) is 6.92 Å². The number of methoxy groups -OCH3 is 1. The van der Waals surface area contributed by atoms with Crippen molar-refractivity contribution in [3.63, 3.8) is 0 Å². The zero-order valence-electron chi connectivity index (χ0n) is 14.9. The molecule has 26 heavy (non-hydrogen) atoms. The third kappa shape index (κ3) is 4.11. The second-order valence-electron chi connectivity index (χ2n) is 6.08. The fraction of sp³-hybridized carbons (Fsp3) is 0.316. The number of anilines is 2. The molecule has 0 spiro atoms. The molecule has 136 valence electrons. The molecule has 0 saturated carbocycles. The number of nitrogens with one attached hydrogen (secondary N) is 1. The lowest BCUT2D eigenvalue weighted by molar-refractivity contribution is -0.130. The molecule has 1 aromatic heterocycles. The molecule has 0 aliphatic carbocycles. The number of benzene rings is 1. The highest BCUT2D eigenvalue weighted by atomic mass is 16.5. The molecule has 7 nitrogen and oxygen atoms in total. The number of nitrogens with zero attached hydrogens (tertiary/aromatic N) is 3. The van der Waals surface area contributed by atoms with E-state index in [4.69, 9.17) is 4.74 Å². The van der Waals surface area contributed by atoms with E-state index in [1.807, 2.05) is 24.3 Å². The number of pyridine rings is 1. The fourth-order valence-corrected chi connectivity index (χ4v) is 2.82. The monoisotopic (exact) mass is 354 g/mol. The van der Waals surface area contributed by atoms with E-state index in [1.54, 1.807) is 42.2 Å². The molecule has 7 heteroatoms. The van der Waals surface area contributed by atoms with Crippen molar-refractivity contribution in [2.24, 2.45) is 0 Å². The van der Waals surface area contributed by atoms with Gasteiger partial charge in [-0.3, -0.25) is 9.59 Å². The third-order valence-electron chi connectivity index (χ3n) is 4.39. The van der Waals surface area contributed by atoms with Gasteiger partial charge in [0.2, 0.25) is 5.91 Å². The van der Waals surface area contributed by atoms with Crippen LogP contribution in [0.1, 0.15) is 17.3 Å². The van der Waals surface area contributed by atoms with Gasteiger partial charge in [-0.2, -0.15) is 0 Å². The lowest BCUT2D eigenvalue weighted by Crippen LogP contribution is -2.50. The number of rotatable bonds is 4. The van der Waals surface area contributed by atoms with Crippen LogP contribution >= 0.6 is 0 Å². The lowest BCUT2D eigenvalue weighted by Gasteiger charge is -2.34. The van der Waals surface area contributed by atoms with Crippen molar-refractivity contribution in [1.82, 2.24) is 14.8 Å². The molecule has 2 heterocycles. The van der Waals surface area contributed by atoms with Crippen LogP contribution in [0.2, 0.25) is 0 Å². The molecule has 1 fully saturated rings. The summed E-state index contributed by atoms with van der Waals surface area (Å²) in [7, 11) is 1.62. The molecule has 0 atom stereocenters. The largest absolute Gasteiger partial charge is 0.497 e. The maximum absolute atomic E-state index is 12.6. The number of hydrogen-bond donors (Lipinski definition) is 1. The maximum Gasteiger partial charge on any atom is 0.255 e. The number of ether oxygens (including phenoxy) is 1. The average molecular weight is 354 g/mol. The quantitative estimate of drug-likeness (QED) is 0.910. The molecule has 0 bridgehead atoms. The van der Waals surface area contributed by atoms with Gasteiger partial charge in [-0.05, 0) is 36.4 Å². The average Bonchev–Trinajstić information content (AvgIpc) is 2.69. The van der Waals surface area contributed by atoms with E-state index in [0.717, 1.165) is 11.4 Å². The Kier molecular flexibility index (Phi) is 5.36. The first-order chi connectivity index (χ1) is 12.6. The van der Waals surface area contributed by atoms with Crippen LogP contribution in [-0.4, -0.2) is 59.9 Å². The summed E-state index contributed by atoms with van der Waals surface area (Å²) in [5, 5.41) is 3.18. The fourth-order valence-electron chi connectivity index (χ4n) is 2.82. The molecule has 2 amide bonds. The smallest absolute Gasteiger partial charge is 0.255 e. The Morgan fingerprint density at radius 2 is 1.65 bits per heavy atom. The number of carbonyl (C=O) groups is 2. The van der Waals surface area contributed by atoms with Gasteiger partial charge in [-0.1, -0.05) is 0 Å². The molecular weight excluding hydrogens is 332 g/mol. The highest BCUT2D eigenvalue weighted by Gasteiger charge is 2.23. The Morgan fingerprint density at radius 3 is 2.19 bits per heavy atom. The minimum absolute atomic E-state index is 0.0488. The Hall–Kier alpha value is -3.09. The highest BCUT2D eigenvalue weighted by Crippen LogP contribution is 2.19. The van der Waals surface area contributed by atoms with Crippen LogP contribution in [0.3, 0.4) is 0 Å². The van der Waals surface area contributed by atoms with Gasteiger partial charge in [0.05, 0.1) is 12.7 Å². The second-order valence-corrected chi connectivity index (χ2v) is 6.08. The van der Waals surface area contributed by atoms with Crippen LogP contribution in [0.4, 0.5) is 11.5 Å². The molecule has 1 aliphatic rings. The first-order valence-corrected chi connectivity index (χ1v) is 8.49. The summed E-state index contributed by atoms with van der Waals surface area (Å²) in [4.78, 5) is 31.8. The molecule has 1 saturated heterocycles. The van der Waals surface area contributed by atoms with Crippen LogP contribution in [0.25, 0.3) is 0 Å². The number of carbonyl (C=O) groups excluding carboxylic acids is 2. The second kappa shape index (κ2) is 7.86. The molecule has 3 rings (SSSR count). The van der Waals surface area contributed by atoms with Crippen LogP contribution in [0.5, 0.6) is 5.75 Å². The zero-order chi connectivity index (χ0) is 18.5. The molecule has 1 aromatic carbocycles. The van der Waals surface area contributed by atoms with Gasteiger partial charge in [-0.25, -0.2) is 4.98 Å². The van der Waals surface area contributed by atoms with Crippen LogP contribution in [-0.2, 0) is 4.79 Å². The van der Waals surface area contributed by atoms with Crippen LogP contribution in [0, 0.1) is 0 Å². The summed E-state index contributed by atoms with van der Waals surface area (Å²) in [6.07, 6.45) is 1.57. The van der Waals surface area contributed by atoms with Gasteiger partial charge >= 0.3 is 0 Å². The van der Waals surface area contributed by atoms with Gasteiger partial charge in [0, 0.05) is 45.0 Å². The van der Waals surface area contributed by atoms with Crippen molar-refractivity contribution in [3.8, 4) is 5.75 Å². The van der Waals surface area contributed by atoms with E-state index >= 15 is 0 Å². The molecular formula is C19H22N4O3. The van der Waals surface area contributed by atoms with E-state index in [0.29, 0.717) is 37.6 Å². The first-order valence-electron chi connectivity index (χ1n) is 8.49. The van der Waals surface area contributed by atoms with E-state index in [-0.39, 0.29) is 11.8 Å². The molecule has 0 radical (unpaired) electrons. The van der Waals surface area contributed by atoms with E-state index in [9.17, 15) is 9.59 Å². The Balaban J connectivity index is 1.60. The molecule has 1 N–H and O–H groups in total. The van der Waals surface area contributed by atoms with Gasteiger partial charge in [0.15, 0.2) is 0 Å². The number of amides is 2. The highest BCUT2D eigenvalue weighted by molar-refractivity contribution is 5.94. The number of aromatic nitrogens is 1. The lowest BCUT2D eigenvalue weighted by atomic mass is 10.2. The van der Waals surface area contributed by atoms with Crippen molar-refractivity contribution >= 4 is 23.3 Å². The molecule has 2 aromatic rings. The Bertz CT molecular complexity index is 766. The summed E-state index contributed by atoms with van der Waals surface area (Å²) in [5.41, 5.74) is 1.43. The normalized spacial score (nSPS) is 14.1. The SMILES string of the molecule is COc1ccc(Nc2ccc(C(=O)N3CCN(C(C)=O)CC3)cn2)cc1. The van der Waals surface area contributed by atoms with E-state index < -0.39 is 0 Å². The summed E-state index contributed by atoms with van der Waals surface area (Å²) in [5.74, 6) is 1.44. The minimum atomic E-state index is -0.0586. The first kappa shape index (κ1) is 17.7. The van der Waals surface area contributed by atoms with Gasteiger partial charge in [0.1, 0.15) is 11.6 Å². The minimum Gasteiger partial charge on any atom is -0.497 e. The van der Waals surface area contributed by atoms with Crippen molar-refractivity contribution in [2.75, 3.05) is 38.6 Å². The van der Waals surface area contributed by atoms with Crippen molar-refractivity contribution in [1.29, 1.82) is 0 Å². The van der Waals surface area contributed by atoms with Gasteiger partial charge in [0.25, 0.3) is 5.91 Å². The Morgan fingerprint density at radius 1 is 1.00 bits per heavy atom. The van der Waals surface area contributed by atoms with Crippen molar-refractivity contribution in [3.05, 3.63) is 48.2 Å². The predicted molar refractivity (Wildman–Crippen MR) is 98.7 cm³/mol. The van der Waals surface area contributed by atoms with Crippen molar-refractivity contribution < 1.29 is 14.3 Å². The molecule has 1 aliphatic heterocycles. The number of piperazine rings is 1. The third-order valence-corrected chi connectivity index (χ3v) is 4.39. The standard InChI is InChI=1S/C19H22N4O3/c1-14(24)22-9-11-23(12-10-22)19(25)15-3-8-18(20-13-15)21-16-4-6-17(26-2)7-5-16/h3-8,13H,9-12H2,1-2H3,(H,20,21). The van der Waals surface area contributed by atoms with E-state index in [2.05, 4.69) is 10.3 Å². The van der Waals surface area contributed by atoms with E-state index in [1.165, 1.54) is 0 Å². The van der Waals surface area contributed by atoms with Crippen LogP contribution in [0.15, 0.2) is 42.6 Å². The molecule has 0 unspecified atom stereocenters. The van der Waals surface area contributed by atoms with Crippen LogP contribution < -0.4 is 10.1 Å². The summed E-state index contributed by atoms with van der Waals surface area (Å²) >= 11 is 0. The predicted octanol–water partition coefficient (Wildman–Crippen LogP) is 2.14. The van der Waals surface area contributed by atoms with Gasteiger partial charge in [-0.15, -0.1) is 0 Å². The topological polar surface area (TPSA) is 74.8 Å². The maximum atomic E-state index is 12.6. The Labute approximate surface area is 152 Å².